The second kappa shape index (κ2) is 10.4. The molecule has 4 rings (SSSR count). The van der Waals surface area contributed by atoms with E-state index in [0.29, 0.717) is 0 Å². The van der Waals surface area contributed by atoms with Crippen molar-refractivity contribution < 1.29 is 9.59 Å². The zero-order valence-electron chi connectivity index (χ0n) is 21.6. The van der Waals surface area contributed by atoms with Gasteiger partial charge >= 0.3 is 0 Å². The topological polar surface area (TPSA) is 85.0 Å². The van der Waals surface area contributed by atoms with E-state index in [1.807, 2.05) is 106 Å². The monoisotopic (exact) mass is 486 g/mol. The maximum Gasteiger partial charge on any atom is 0.249 e. The third kappa shape index (κ3) is 5.48. The molecule has 0 radical (unpaired) electrons. The Bertz CT molecular complexity index is 1350. The van der Waals surface area contributed by atoms with E-state index in [2.05, 4.69) is 15.6 Å². The van der Waals surface area contributed by atoms with Crippen molar-refractivity contribution in [2.45, 2.75) is 58.8 Å². The van der Waals surface area contributed by atoms with Crippen LogP contribution in [0.1, 0.15) is 50.1 Å². The molecular weight excluding hydrogens is 452 g/mol. The van der Waals surface area contributed by atoms with Gasteiger partial charge in [-0.2, -0.15) is 0 Å². The van der Waals surface area contributed by atoms with Gasteiger partial charge in [-0.15, -0.1) is 5.10 Å². The van der Waals surface area contributed by atoms with E-state index in [1.165, 1.54) is 0 Å². The molecule has 1 N–H and O–H groups in total. The summed E-state index contributed by atoms with van der Waals surface area (Å²) in [5, 5.41) is 11.6. The van der Waals surface area contributed by atoms with Crippen LogP contribution in [0, 0.1) is 6.92 Å². The average molecular weight is 487 g/mol. The van der Waals surface area contributed by atoms with Crippen molar-refractivity contribution in [3.8, 4) is 0 Å². The number of fused-ring (bicyclic) bond motifs is 1. The van der Waals surface area contributed by atoms with Crippen LogP contribution in [-0.4, -0.2) is 41.8 Å². The fourth-order valence-electron chi connectivity index (χ4n) is 4.15. The number of nitrogens with one attached hydrogen (secondary N) is 1. The Hall–Kier alpha value is -3.94. The van der Waals surface area contributed by atoms with Crippen LogP contribution >= 0.6 is 0 Å². The molecule has 36 heavy (non-hydrogen) atoms. The second-order valence-corrected chi connectivity index (χ2v) is 9.92. The Morgan fingerprint density at radius 3 is 2.44 bits per heavy atom. The summed E-state index contributed by atoms with van der Waals surface area (Å²) in [6.45, 7) is 8.28. The van der Waals surface area contributed by atoms with Gasteiger partial charge < -0.3 is 14.8 Å². The first-order valence-corrected chi connectivity index (χ1v) is 12.2. The SMILES string of the molecule is CCC(C)(C)NC(=O)[C@@H](c1cccn1C)N(Cc1ccc(C)cc1)C(=O)Cn1nnc2ccccc21. The highest BCUT2D eigenvalue weighted by molar-refractivity contribution is 5.89. The van der Waals surface area contributed by atoms with Crippen LogP contribution in [0.3, 0.4) is 0 Å². The minimum Gasteiger partial charge on any atom is -0.352 e. The molecule has 0 aliphatic heterocycles. The van der Waals surface area contributed by atoms with Crippen molar-refractivity contribution in [2.75, 3.05) is 0 Å². The molecule has 8 nitrogen and oxygen atoms in total. The lowest BCUT2D eigenvalue weighted by atomic mass is 10.00. The number of para-hydroxylation sites is 1. The summed E-state index contributed by atoms with van der Waals surface area (Å²) >= 11 is 0. The largest absolute Gasteiger partial charge is 0.352 e. The molecule has 0 saturated heterocycles. The van der Waals surface area contributed by atoms with Gasteiger partial charge in [-0.1, -0.05) is 54.1 Å². The summed E-state index contributed by atoms with van der Waals surface area (Å²) in [7, 11) is 1.89. The molecule has 2 heterocycles. The number of hydrogen-bond donors (Lipinski definition) is 1. The Balaban J connectivity index is 1.75. The smallest absolute Gasteiger partial charge is 0.249 e. The maximum atomic E-state index is 14.0. The average Bonchev–Trinajstić information content (AvgIpc) is 3.46. The van der Waals surface area contributed by atoms with Gasteiger partial charge in [-0.3, -0.25) is 9.59 Å². The zero-order chi connectivity index (χ0) is 25.9. The highest BCUT2D eigenvalue weighted by atomic mass is 16.2. The Morgan fingerprint density at radius 2 is 1.78 bits per heavy atom. The molecule has 0 aliphatic rings. The number of carbonyl (C=O) groups is 2. The van der Waals surface area contributed by atoms with Crippen LogP contribution < -0.4 is 5.32 Å². The van der Waals surface area contributed by atoms with Crippen molar-refractivity contribution >= 4 is 22.8 Å². The Labute approximate surface area is 211 Å². The molecule has 2 amide bonds. The van der Waals surface area contributed by atoms with Crippen LogP contribution in [0.5, 0.6) is 0 Å². The molecule has 0 fully saturated rings. The number of rotatable bonds is 9. The molecule has 1 atom stereocenters. The normalized spacial score (nSPS) is 12.5. The van der Waals surface area contributed by atoms with Gasteiger partial charge in [0.25, 0.3) is 0 Å². The predicted molar refractivity (Wildman–Crippen MR) is 140 cm³/mol. The zero-order valence-corrected chi connectivity index (χ0v) is 21.6. The summed E-state index contributed by atoms with van der Waals surface area (Å²) in [6, 6.07) is 18.5. The molecule has 0 saturated carbocycles. The Morgan fingerprint density at radius 1 is 1.06 bits per heavy atom. The first-order chi connectivity index (χ1) is 17.2. The minimum atomic E-state index is -0.820. The number of amides is 2. The van der Waals surface area contributed by atoms with E-state index in [9.17, 15) is 9.59 Å². The molecule has 2 aromatic heterocycles. The highest BCUT2D eigenvalue weighted by Crippen LogP contribution is 2.26. The van der Waals surface area contributed by atoms with Crippen LogP contribution in [0.2, 0.25) is 0 Å². The molecule has 0 aliphatic carbocycles. The van der Waals surface area contributed by atoms with E-state index in [0.717, 1.165) is 34.3 Å². The van der Waals surface area contributed by atoms with E-state index in [1.54, 1.807) is 9.58 Å². The summed E-state index contributed by atoms with van der Waals surface area (Å²) < 4.78 is 3.49. The van der Waals surface area contributed by atoms with Gasteiger partial charge in [0.15, 0.2) is 6.04 Å². The van der Waals surface area contributed by atoms with Gasteiger partial charge in [-0.25, -0.2) is 4.68 Å². The molecule has 188 valence electrons. The molecule has 0 bridgehead atoms. The molecule has 2 aromatic carbocycles. The minimum absolute atomic E-state index is 0.0300. The summed E-state index contributed by atoms with van der Waals surface area (Å²) in [6.07, 6.45) is 2.65. The third-order valence-electron chi connectivity index (χ3n) is 6.67. The van der Waals surface area contributed by atoms with E-state index >= 15 is 0 Å². The lowest BCUT2D eigenvalue weighted by molar-refractivity contribution is -0.143. The lowest BCUT2D eigenvalue weighted by Crippen LogP contribution is -2.51. The highest BCUT2D eigenvalue weighted by Gasteiger charge is 2.35. The first kappa shape index (κ1) is 25.2. The number of aromatic nitrogens is 4. The van der Waals surface area contributed by atoms with E-state index in [4.69, 9.17) is 0 Å². The quantitative estimate of drug-likeness (QED) is 0.385. The van der Waals surface area contributed by atoms with Crippen molar-refractivity contribution in [2.24, 2.45) is 7.05 Å². The van der Waals surface area contributed by atoms with Gasteiger partial charge in [0.2, 0.25) is 11.8 Å². The standard InChI is InChI=1S/C28H34N6O2/c1-6-28(3,4)29-27(36)26(24-12-9-17-32(24)5)33(18-21-15-13-20(2)14-16-21)25(35)19-34-23-11-8-7-10-22(23)30-31-34/h7-17,26H,6,18-19H2,1-5H3,(H,29,36)/t26-/m1/s1. The van der Waals surface area contributed by atoms with Crippen molar-refractivity contribution in [3.05, 3.63) is 83.7 Å². The predicted octanol–water partition coefficient (Wildman–Crippen LogP) is 4.15. The molecular formula is C28H34N6O2. The number of benzene rings is 2. The van der Waals surface area contributed by atoms with Crippen molar-refractivity contribution in [1.29, 1.82) is 0 Å². The van der Waals surface area contributed by atoms with Gasteiger partial charge in [0, 0.05) is 31.0 Å². The molecule has 4 aromatic rings. The molecule has 0 spiro atoms. The fraction of sp³-hybridized carbons (Fsp3) is 0.357. The van der Waals surface area contributed by atoms with Crippen LogP contribution in [0.15, 0.2) is 66.9 Å². The van der Waals surface area contributed by atoms with Crippen LogP contribution in [-0.2, 0) is 29.7 Å². The maximum absolute atomic E-state index is 14.0. The number of aryl methyl sites for hydroxylation is 2. The number of nitrogens with zero attached hydrogens (tertiary/aromatic N) is 5. The summed E-state index contributed by atoms with van der Waals surface area (Å²) in [5.74, 6) is -0.436. The third-order valence-corrected chi connectivity index (χ3v) is 6.67. The summed E-state index contributed by atoms with van der Waals surface area (Å²) in [5.41, 5.74) is 3.89. The number of carbonyl (C=O) groups excluding carboxylic acids is 2. The van der Waals surface area contributed by atoms with Gasteiger partial charge in [-0.05, 0) is 57.0 Å². The first-order valence-electron chi connectivity index (χ1n) is 12.2. The van der Waals surface area contributed by atoms with Gasteiger partial charge in [0.05, 0.1) is 5.52 Å². The van der Waals surface area contributed by atoms with Crippen LogP contribution in [0.25, 0.3) is 11.0 Å². The van der Waals surface area contributed by atoms with E-state index < -0.39 is 11.6 Å². The number of hydrogen-bond acceptors (Lipinski definition) is 4. The van der Waals surface area contributed by atoms with E-state index in [-0.39, 0.29) is 24.9 Å². The lowest BCUT2D eigenvalue weighted by Gasteiger charge is -2.34. The Kier molecular flexibility index (Phi) is 7.24. The van der Waals surface area contributed by atoms with Crippen molar-refractivity contribution in [3.63, 3.8) is 0 Å². The second-order valence-electron chi connectivity index (χ2n) is 9.92. The summed E-state index contributed by atoms with van der Waals surface area (Å²) in [4.78, 5) is 29.4. The van der Waals surface area contributed by atoms with Crippen LogP contribution in [0.4, 0.5) is 0 Å². The molecule has 0 unspecified atom stereocenters. The fourth-order valence-corrected chi connectivity index (χ4v) is 4.15. The van der Waals surface area contributed by atoms with Gasteiger partial charge in [0.1, 0.15) is 12.1 Å². The molecule has 8 heteroatoms. The van der Waals surface area contributed by atoms with Crippen molar-refractivity contribution in [1.82, 2.24) is 29.8 Å².